The molecule has 2 rings (SSSR count). The number of para-hydroxylation sites is 1. The summed E-state index contributed by atoms with van der Waals surface area (Å²) in [5.41, 5.74) is 0.740. The zero-order valence-electron chi connectivity index (χ0n) is 12.9. The molecule has 0 saturated carbocycles. The lowest BCUT2D eigenvalue weighted by Crippen LogP contribution is -2.44. The van der Waals surface area contributed by atoms with Crippen LogP contribution in [0.5, 0.6) is 11.5 Å². The summed E-state index contributed by atoms with van der Waals surface area (Å²) in [6.45, 7) is 8.66. The largest absolute Gasteiger partial charge is 0.490 e. The highest BCUT2D eigenvalue weighted by atomic mass is 16.5. The number of aliphatic hydroxyl groups excluding tert-OH is 1. The minimum Gasteiger partial charge on any atom is -0.490 e. The first-order chi connectivity index (χ1) is 10.3. The Morgan fingerprint density at radius 1 is 1.33 bits per heavy atom. The van der Waals surface area contributed by atoms with Crippen molar-refractivity contribution in [2.24, 2.45) is 0 Å². The van der Waals surface area contributed by atoms with Crippen LogP contribution in [0.15, 0.2) is 18.2 Å². The van der Waals surface area contributed by atoms with Crippen molar-refractivity contribution in [2.75, 3.05) is 39.5 Å². The van der Waals surface area contributed by atoms with Crippen molar-refractivity contribution in [2.45, 2.75) is 26.6 Å². The highest BCUT2D eigenvalue weighted by Gasteiger charge is 2.21. The molecule has 1 fully saturated rings. The molecule has 0 bridgehead atoms. The Morgan fingerprint density at radius 3 is 2.90 bits per heavy atom. The van der Waals surface area contributed by atoms with E-state index in [0.29, 0.717) is 24.7 Å². The Kier molecular flexibility index (Phi) is 6.29. The summed E-state index contributed by atoms with van der Waals surface area (Å²) in [5, 5.41) is 9.45. The molecule has 0 spiro atoms. The average molecular weight is 295 g/mol. The first-order valence-electron chi connectivity index (χ1n) is 7.60. The van der Waals surface area contributed by atoms with E-state index in [1.54, 1.807) is 0 Å². The van der Waals surface area contributed by atoms with Gasteiger partial charge in [0, 0.05) is 18.7 Å². The topological polar surface area (TPSA) is 51.2 Å². The van der Waals surface area contributed by atoms with E-state index in [0.717, 1.165) is 31.8 Å². The summed E-state index contributed by atoms with van der Waals surface area (Å²) in [7, 11) is 0. The molecule has 1 aliphatic heterocycles. The van der Waals surface area contributed by atoms with Crippen LogP contribution in [0.3, 0.4) is 0 Å². The van der Waals surface area contributed by atoms with Gasteiger partial charge in [-0.1, -0.05) is 19.1 Å². The van der Waals surface area contributed by atoms with Gasteiger partial charge in [0.05, 0.1) is 19.8 Å². The van der Waals surface area contributed by atoms with Gasteiger partial charge in [0.1, 0.15) is 12.7 Å². The molecule has 1 saturated heterocycles. The molecule has 1 aliphatic rings. The number of benzene rings is 1. The predicted octanol–water partition coefficient (Wildman–Crippen LogP) is 1.68. The molecule has 1 aromatic carbocycles. The van der Waals surface area contributed by atoms with Crippen LogP contribution in [0.1, 0.15) is 19.4 Å². The van der Waals surface area contributed by atoms with Gasteiger partial charge in [-0.15, -0.1) is 0 Å². The summed E-state index contributed by atoms with van der Waals surface area (Å²) in [6, 6.07) is 5.56. The van der Waals surface area contributed by atoms with Crippen LogP contribution in [0, 0.1) is 0 Å². The molecule has 1 heterocycles. The smallest absolute Gasteiger partial charge is 0.166 e. The third kappa shape index (κ3) is 4.33. The molecule has 21 heavy (non-hydrogen) atoms. The van der Waals surface area contributed by atoms with Crippen LogP contribution in [0.4, 0.5) is 0 Å². The van der Waals surface area contributed by atoms with Crippen molar-refractivity contribution in [3.63, 3.8) is 0 Å². The Balaban J connectivity index is 2.01. The van der Waals surface area contributed by atoms with Crippen LogP contribution in [-0.4, -0.2) is 55.6 Å². The first kappa shape index (κ1) is 16.1. The highest BCUT2D eigenvalue weighted by Crippen LogP contribution is 2.31. The lowest BCUT2D eigenvalue weighted by atomic mass is 10.2. The fourth-order valence-corrected chi connectivity index (χ4v) is 2.46. The van der Waals surface area contributed by atoms with E-state index >= 15 is 0 Å². The third-order valence-electron chi connectivity index (χ3n) is 3.61. The Morgan fingerprint density at radius 2 is 2.19 bits per heavy atom. The van der Waals surface area contributed by atoms with Gasteiger partial charge in [0.15, 0.2) is 11.5 Å². The number of hydrogen-bond acceptors (Lipinski definition) is 5. The molecule has 5 nitrogen and oxygen atoms in total. The van der Waals surface area contributed by atoms with E-state index in [9.17, 15) is 5.11 Å². The average Bonchev–Trinajstić information content (AvgIpc) is 2.54. The summed E-state index contributed by atoms with van der Waals surface area (Å²) in [5.74, 6) is 1.30. The van der Waals surface area contributed by atoms with E-state index < -0.39 is 0 Å². The quantitative estimate of drug-likeness (QED) is 0.829. The SMILES string of the molecule is CCOc1cccc(CO)c1OCC1CN(CC)CCO1. The standard InChI is InChI=1S/C16H25NO4/c1-3-17-8-9-20-14(10-17)12-21-16-13(11-18)6-5-7-15(16)19-4-2/h5-7,14,18H,3-4,8-12H2,1-2H3. The third-order valence-corrected chi connectivity index (χ3v) is 3.61. The van der Waals surface area contributed by atoms with E-state index in [1.807, 2.05) is 25.1 Å². The molecule has 0 amide bonds. The summed E-state index contributed by atoms with van der Waals surface area (Å²) >= 11 is 0. The highest BCUT2D eigenvalue weighted by molar-refractivity contribution is 5.46. The Hall–Kier alpha value is -1.30. The molecule has 1 atom stereocenters. The van der Waals surface area contributed by atoms with Crippen molar-refractivity contribution in [3.8, 4) is 11.5 Å². The van der Waals surface area contributed by atoms with Crippen molar-refractivity contribution >= 4 is 0 Å². The number of rotatable bonds is 7. The van der Waals surface area contributed by atoms with Gasteiger partial charge in [0.2, 0.25) is 0 Å². The maximum Gasteiger partial charge on any atom is 0.166 e. The minimum absolute atomic E-state index is 0.0555. The van der Waals surface area contributed by atoms with Crippen LogP contribution in [0.25, 0.3) is 0 Å². The normalized spacial score (nSPS) is 19.5. The maximum absolute atomic E-state index is 9.45. The van der Waals surface area contributed by atoms with E-state index in [2.05, 4.69) is 11.8 Å². The van der Waals surface area contributed by atoms with Gasteiger partial charge in [-0.25, -0.2) is 0 Å². The minimum atomic E-state index is -0.0666. The number of hydrogen-bond donors (Lipinski definition) is 1. The summed E-state index contributed by atoms with van der Waals surface area (Å²) < 4.78 is 17.2. The molecular weight excluding hydrogens is 270 g/mol. The van der Waals surface area contributed by atoms with Crippen LogP contribution >= 0.6 is 0 Å². The van der Waals surface area contributed by atoms with Crippen molar-refractivity contribution in [1.82, 2.24) is 4.90 Å². The predicted molar refractivity (Wildman–Crippen MR) is 80.9 cm³/mol. The van der Waals surface area contributed by atoms with Gasteiger partial charge < -0.3 is 19.3 Å². The number of morpholine rings is 1. The number of likely N-dealkylation sites (N-methyl/N-ethyl adjacent to an activating group) is 1. The van der Waals surface area contributed by atoms with Crippen LogP contribution < -0.4 is 9.47 Å². The molecular formula is C16H25NO4. The number of aliphatic hydroxyl groups is 1. The molecule has 0 aromatic heterocycles. The maximum atomic E-state index is 9.45. The first-order valence-corrected chi connectivity index (χ1v) is 7.60. The van der Waals surface area contributed by atoms with Crippen molar-refractivity contribution in [1.29, 1.82) is 0 Å². The second-order valence-electron chi connectivity index (χ2n) is 5.03. The molecule has 0 radical (unpaired) electrons. The fourth-order valence-electron chi connectivity index (χ4n) is 2.46. The van der Waals surface area contributed by atoms with Gasteiger partial charge in [-0.05, 0) is 19.5 Å². The lowest BCUT2D eigenvalue weighted by molar-refractivity contribution is -0.0469. The molecule has 1 aromatic rings. The zero-order chi connectivity index (χ0) is 15.1. The Bertz CT molecular complexity index is 438. The number of ether oxygens (including phenoxy) is 3. The summed E-state index contributed by atoms with van der Waals surface area (Å²) in [4.78, 5) is 2.35. The van der Waals surface area contributed by atoms with Crippen molar-refractivity contribution < 1.29 is 19.3 Å². The number of nitrogens with zero attached hydrogens (tertiary/aromatic N) is 1. The fraction of sp³-hybridized carbons (Fsp3) is 0.625. The lowest BCUT2D eigenvalue weighted by Gasteiger charge is -2.32. The second kappa shape index (κ2) is 8.22. The van der Waals surface area contributed by atoms with Crippen LogP contribution in [-0.2, 0) is 11.3 Å². The monoisotopic (exact) mass is 295 g/mol. The van der Waals surface area contributed by atoms with E-state index in [-0.39, 0.29) is 12.7 Å². The van der Waals surface area contributed by atoms with Gasteiger partial charge in [-0.2, -0.15) is 0 Å². The second-order valence-corrected chi connectivity index (χ2v) is 5.03. The van der Waals surface area contributed by atoms with E-state index in [4.69, 9.17) is 14.2 Å². The van der Waals surface area contributed by atoms with Gasteiger partial charge in [0.25, 0.3) is 0 Å². The molecule has 5 heteroatoms. The molecule has 1 N–H and O–H groups in total. The van der Waals surface area contributed by atoms with Gasteiger partial charge >= 0.3 is 0 Å². The molecule has 0 aliphatic carbocycles. The van der Waals surface area contributed by atoms with E-state index in [1.165, 1.54) is 0 Å². The zero-order valence-corrected chi connectivity index (χ0v) is 12.9. The van der Waals surface area contributed by atoms with Crippen LogP contribution in [0.2, 0.25) is 0 Å². The Labute approximate surface area is 126 Å². The van der Waals surface area contributed by atoms with Gasteiger partial charge in [-0.3, -0.25) is 4.90 Å². The summed E-state index contributed by atoms with van der Waals surface area (Å²) in [6.07, 6.45) is 0.0555. The van der Waals surface area contributed by atoms with Crippen molar-refractivity contribution in [3.05, 3.63) is 23.8 Å². The molecule has 118 valence electrons. The molecule has 1 unspecified atom stereocenters.